The van der Waals surface area contributed by atoms with E-state index >= 15 is 0 Å². The Labute approximate surface area is 154 Å². The van der Waals surface area contributed by atoms with Gasteiger partial charge in [-0.2, -0.15) is 5.10 Å². The number of benzene rings is 2. The van der Waals surface area contributed by atoms with E-state index in [0.29, 0.717) is 0 Å². The van der Waals surface area contributed by atoms with Crippen LogP contribution in [0.3, 0.4) is 0 Å². The van der Waals surface area contributed by atoms with E-state index in [2.05, 4.69) is 39.4 Å². The molecule has 26 heavy (non-hydrogen) atoms. The molecule has 0 bridgehead atoms. The Hall–Kier alpha value is -2.59. The van der Waals surface area contributed by atoms with Crippen molar-refractivity contribution >= 4 is 23.1 Å². The smallest absolute Gasteiger partial charge is 0.119 e. The lowest BCUT2D eigenvalue weighted by Gasteiger charge is -2.26. The molecule has 0 saturated carbocycles. The topological polar surface area (TPSA) is 41.1 Å². The number of nitrogens with one attached hydrogen (secondary N) is 1. The summed E-state index contributed by atoms with van der Waals surface area (Å²) in [6.45, 7) is 4.21. The maximum Gasteiger partial charge on any atom is 0.119 e. The molecule has 4 heteroatoms. The molecular weight excluding hydrogens is 322 g/mol. The number of ether oxygens (including phenoxy) is 1. The van der Waals surface area contributed by atoms with E-state index in [9.17, 15) is 0 Å². The Morgan fingerprint density at radius 3 is 2.62 bits per heavy atom. The second-order valence-corrected chi connectivity index (χ2v) is 6.81. The Morgan fingerprint density at radius 2 is 1.77 bits per heavy atom. The molecule has 4 rings (SSSR count). The first-order valence-electron chi connectivity index (χ1n) is 9.45. The second-order valence-electron chi connectivity index (χ2n) is 6.81. The molecule has 1 N–H and O–H groups in total. The van der Waals surface area contributed by atoms with Crippen LogP contribution in [0.2, 0.25) is 0 Å². The van der Waals surface area contributed by atoms with Gasteiger partial charge in [-0.15, -0.1) is 0 Å². The minimum Gasteiger partial charge on any atom is -0.492 e. The fourth-order valence-electron chi connectivity index (χ4n) is 3.44. The number of nitrogens with zero attached hydrogens (tertiary/aromatic N) is 2. The van der Waals surface area contributed by atoms with Crippen LogP contribution in [0.25, 0.3) is 23.1 Å². The van der Waals surface area contributed by atoms with Crippen molar-refractivity contribution in [1.82, 2.24) is 15.1 Å². The predicted molar refractivity (Wildman–Crippen MR) is 107 cm³/mol. The number of aromatic nitrogens is 2. The molecule has 1 aromatic heterocycles. The summed E-state index contributed by atoms with van der Waals surface area (Å²) in [5, 5.41) is 8.57. The summed E-state index contributed by atoms with van der Waals surface area (Å²) in [6, 6.07) is 16.4. The summed E-state index contributed by atoms with van der Waals surface area (Å²) in [5.74, 6) is 0.935. The Bertz CT molecular complexity index is 860. The number of hydrogen-bond acceptors (Lipinski definition) is 3. The van der Waals surface area contributed by atoms with Gasteiger partial charge in [-0.3, -0.25) is 10.00 Å². The fourth-order valence-corrected chi connectivity index (χ4v) is 3.44. The van der Waals surface area contributed by atoms with Crippen LogP contribution in [-0.4, -0.2) is 41.3 Å². The van der Waals surface area contributed by atoms with Gasteiger partial charge < -0.3 is 4.74 Å². The number of fused-ring (bicyclic) bond motifs is 1. The normalized spacial score (nSPS) is 15.7. The van der Waals surface area contributed by atoms with Crippen LogP contribution < -0.4 is 4.74 Å². The number of rotatable bonds is 6. The molecule has 2 heterocycles. The van der Waals surface area contributed by atoms with Gasteiger partial charge in [-0.05, 0) is 55.8 Å². The van der Waals surface area contributed by atoms with E-state index in [1.54, 1.807) is 0 Å². The molecule has 3 aromatic rings. The molecule has 0 aliphatic carbocycles. The fraction of sp³-hybridized carbons (Fsp3) is 0.318. The molecule has 1 aliphatic rings. The van der Waals surface area contributed by atoms with Crippen molar-refractivity contribution in [3.63, 3.8) is 0 Å². The van der Waals surface area contributed by atoms with Crippen molar-refractivity contribution < 1.29 is 4.74 Å². The average molecular weight is 347 g/mol. The van der Waals surface area contributed by atoms with Crippen LogP contribution in [0.15, 0.2) is 48.5 Å². The van der Waals surface area contributed by atoms with Gasteiger partial charge in [-0.25, -0.2) is 0 Å². The SMILES string of the molecule is C(=C\c1n[nH]c2ccccc12)/c1ccc(OCCN2CCCCC2)cc1. The number of piperidine rings is 1. The molecule has 2 aromatic carbocycles. The van der Waals surface area contributed by atoms with Crippen LogP contribution in [0.1, 0.15) is 30.5 Å². The minimum atomic E-state index is 0.758. The first kappa shape index (κ1) is 16.9. The van der Waals surface area contributed by atoms with Gasteiger partial charge in [0.25, 0.3) is 0 Å². The zero-order chi connectivity index (χ0) is 17.6. The average Bonchev–Trinajstić information content (AvgIpc) is 3.11. The van der Waals surface area contributed by atoms with Gasteiger partial charge in [0.15, 0.2) is 0 Å². The van der Waals surface area contributed by atoms with Gasteiger partial charge in [-0.1, -0.05) is 42.8 Å². The third-order valence-corrected chi connectivity index (χ3v) is 4.94. The molecule has 134 valence electrons. The Kier molecular flexibility index (Phi) is 5.31. The highest BCUT2D eigenvalue weighted by Gasteiger charge is 2.09. The largest absolute Gasteiger partial charge is 0.492 e. The van der Waals surface area contributed by atoms with Crippen LogP contribution in [-0.2, 0) is 0 Å². The van der Waals surface area contributed by atoms with Crippen molar-refractivity contribution in [2.24, 2.45) is 0 Å². The van der Waals surface area contributed by atoms with Crippen molar-refractivity contribution in [3.05, 3.63) is 59.8 Å². The molecule has 0 unspecified atom stereocenters. The number of likely N-dealkylation sites (tertiary alicyclic amines) is 1. The highest BCUT2D eigenvalue weighted by Crippen LogP contribution is 2.19. The zero-order valence-corrected chi connectivity index (χ0v) is 15.0. The highest BCUT2D eigenvalue weighted by atomic mass is 16.5. The van der Waals surface area contributed by atoms with E-state index in [4.69, 9.17) is 4.74 Å². The van der Waals surface area contributed by atoms with E-state index in [1.807, 2.05) is 36.4 Å². The summed E-state index contributed by atoms with van der Waals surface area (Å²) < 4.78 is 5.89. The molecule has 4 nitrogen and oxygen atoms in total. The van der Waals surface area contributed by atoms with Gasteiger partial charge >= 0.3 is 0 Å². The minimum absolute atomic E-state index is 0.758. The quantitative estimate of drug-likeness (QED) is 0.708. The molecule has 1 saturated heterocycles. The van der Waals surface area contributed by atoms with Crippen molar-refractivity contribution in [2.75, 3.05) is 26.2 Å². The van der Waals surface area contributed by atoms with Crippen LogP contribution in [0.5, 0.6) is 5.75 Å². The Morgan fingerprint density at radius 1 is 0.962 bits per heavy atom. The molecule has 0 spiro atoms. The van der Waals surface area contributed by atoms with Crippen LogP contribution in [0.4, 0.5) is 0 Å². The van der Waals surface area contributed by atoms with Crippen molar-refractivity contribution in [2.45, 2.75) is 19.3 Å². The van der Waals surface area contributed by atoms with Crippen molar-refractivity contribution in [3.8, 4) is 5.75 Å². The number of H-pyrrole nitrogens is 1. The van der Waals surface area contributed by atoms with E-state index in [-0.39, 0.29) is 0 Å². The van der Waals surface area contributed by atoms with Crippen LogP contribution in [0, 0.1) is 0 Å². The van der Waals surface area contributed by atoms with Gasteiger partial charge in [0.2, 0.25) is 0 Å². The third-order valence-electron chi connectivity index (χ3n) is 4.94. The number of para-hydroxylation sites is 1. The van der Waals surface area contributed by atoms with Gasteiger partial charge in [0.1, 0.15) is 12.4 Å². The second kappa shape index (κ2) is 8.19. The lowest BCUT2D eigenvalue weighted by Crippen LogP contribution is -2.33. The highest BCUT2D eigenvalue weighted by molar-refractivity contribution is 5.89. The van der Waals surface area contributed by atoms with E-state index in [1.165, 1.54) is 32.4 Å². The van der Waals surface area contributed by atoms with Gasteiger partial charge in [0, 0.05) is 11.9 Å². The Balaban J connectivity index is 1.32. The predicted octanol–water partition coefficient (Wildman–Crippen LogP) is 4.60. The lowest BCUT2D eigenvalue weighted by atomic mass is 10.1. The molecule has 0 radical (unpaired) electrons. The molecular formula is C22H25N3O. The molecule has 0 atom stereocenters. The first-order valence-corrected chi connectivity index (χ1v) is 9.45. The van der Waals surface area contributed by atoms with Crippen molar-refractivity contribution in [1.29, 1.82) is 0 Å². The first-order chi connectivity index (χ1) is 12.9. The molecule has 0 amide bonds. The number of hydrogen-bond donors (Lipinski definition) is 1. The maximum atomic E-state index is 5.89. The standard InChI is InChI=1S/C22H25N3O/c1-4-14-25(15-5-1)16-17-26-19-11-8-18(9-12-19)10-13-22-20-6-2-3-7-21(20)23-24-22/h2-3,6-13H,1,4-5,14-17H2,(H,23,24)/b13-10+. The lowest BCUT2D eigenvalue weighted by molar-refractivity contribution is 0.183. The number of aromatic amines is 1. The summed E-state index contributed by atoms with van der Waals surface area (Å²) in [7, 11) is 0. The summed E-state index contributed by atoms with van der Waals surface area (Å²) in [6.07, 6.45) is 8.16. The summed E-state index contributed by atoms with van der Waals surface area (Å²) in [5.41, 5.74) is 3.16. The molecule has 1 aliphatic heterocycles. The van der Waals surface area contributed by atoms with E-state index < -0.39 is 0 Å². The third kappa shape index (κ3) is 4.14. The zero-order valence-electron chi connectivity index (χ0n) is 15.0. The van der Waals surface area contributed by atoms with Crippen LogP contribution >= 0.6 is 0 Å². The summed E-state index contributed by atoms with van der Waals surface area (Å²) >= 11 is 0. The van der Waals surface area contributed by atoms with Gasteiger partial charge in [0.05, 0.1) is 11.2 Å². The monoisotopic (exact) mass is 347 g/mol. The maximum absolute atomic E-state index is 5.89. The molecule has 1 fully saturated rings. The summed E-state index contributed by atoms with van der Waals surface area (Å²) in [4.78, 5) is 2.49. The van der Waals surface area contributed by atoms with E-state index in [0.717, 1.165) is 41.1 Å².